The number of rotatable bonds is 6. The smallest absolute Gasteiger partial charge is 0.326 e. The summed E-state index contributed by atoms with van der Waals surface area (Å²) in [6.07, 6.45) is -0.173. The molecule has 0 aliphatic heterocycles. The Kier molecular flexibility index (Phi) is 6.59. The van der Waals surface area contributed by atoms with Crippen LogP contribution in [0.5, 0.6) is 0 Å². The molecule has 0 aromatic carbocycles. The molecule has 0 rings (SSSR count). The van der Waals surface area contributed by atoms with E-state index < -0.39 is 27.7 Å². The molecule has 0 fully saturated rings. The molecule has 0 saturated carbocycles. The zero-order valence-corrected chi connectivity index (χ0v) is 10.7. The highest BCUT2D eigenvalue weighted by molar-refractivity contribution is 6.76. The van der Waals surface area contributed by atoms with E-state index in [2.05, 4.69) is 0 Å². The van der Waals surface area contributed by atoms with Crippen molar-refractivity contribution in [3.05, 3.63) is 0 Å². The normalized spacial score (nSPS) is 12.9. The molecule has 0 heterocycles. The van der Waals surface area contributed by atoms with Gasteiger partial charge in [-0.3, -0.25) is 9.59 Å². The van der Waals surface area contributed by atoms with Crippen molar-refractivity contribution in [3.63, 3.8) is 0 Å². The fraction of sp³-hybridized carbons (Fsp3) is 0.625. The van der Waals surface area contributed by atoms with E-state index in [4.69, 9.17) is 45.0 Å². The van der Waals surface area contributed by atoms with Crippen molar-refractivity contribution in [1.29, 1.82) is 0 Å². The van der Waals surface area contributed by atoms with Crippen molar-refractivity contribution >= 4 is 52.6 Å². The number of hydrogen-bond acceptors (Lipinski definition) is 3. The highest BCUT2D eigenvalue weighted by Gasteiger charge is 2.33. The van der Waals surface area contributed by atoms with Crippen LogP contribution in [0.15, 0.2) is 0 Å². The maximum absolute atomic E-state index is 11.2. The molecule has 0 aromatic heterocycles. The molecule has 0 radical (unpaired) electrons. The third kappa shape index (κ3) is 7.25. The van der Waals surface area contributed by atoms with Crippen LogP contribution in [0, 0.1) is 0 Å². The Morgan fingerprint density at radius 2 is 1.71 bits per heavy atom. The minimum Gasteiger partial charge on any atom is -0.481 e. The van der Waals surface area contributed by atoms with E-state index in [1.807, 2.05) is 5.32 Å². The second-order valence-corrected chi connectivity index (χ2v) is 5.43. The molecule has 1 amide bonds. The molecule has 1 atom stereocenters. The molecule has 0 aliphatic carbocycles. The molecular weight excluding hydrogens is 296 g/mol. The molecule has 9 heteroatoms. The number of nitrogens with one attached hydrogen (secondary N) is 1. The Morgan fingerprint density at radius 3 is 2.06 bits per heavy atom. The maximum Gasteiger partial charge on any atom is 0.326 e. The maximum atomic E-state index is 11.2. The Hall–Kier alpha value is -0.720. The number of hydrogen-bond donors (Lipinski definition) is 3. The van der Waals surface area contributed by atoms with Gasteiger partial charge in [0.15, 0.2) is 0 Å². The molecular formula is C8H10Cl3NO5. The average molecular weight is 307 g/mol. The lowest BCUT2D eigenvalue weighted by atomic mass is 10.1. The number of aliphatic carboxylic acids is 2. The van der Waals surface area contributed by atoms with Crippen LogP contribution in [0.4, 0.5) is 0 Å². The van der Waals surface area contributed by atoms with Gasteiger partial charge in [-0.2, -0.15) is 0 Å². The number of halogens is 3. The van der Waals surface area contributed by atoms with Crippen molar-refractivity contribution in [2.45, 2.75) is 29.1 Å². The summed E-state index contributed by atoms with van der Waals surface area (Å²) in [6.45, 7) is 0. The van der Waals surface area contributed by atoms with Crippen LogP contribution in [0.25, 0.3) is 0 Å². The first-order chi connectivity index (χ1) is 7.64. The van der Waals surface area contributed by atoms with Gasteiger partial charge in [0.05, 0.1) is 0 Å². The lowest BCUT2D eigenvalue weighted by molar-refractivity contribution is -0.142. The van der Waals surface area contributed by atoms with E-state index in [0.29, 0.717) is 0 Å². The Labute approximate surface area is 112 Å². The summed E-state index contributed by atoms with van der Waals surface area (Å²) in [5, 5.41) is 19.1. The van der Waals surface area contributed by atoms with Crippen molar-refractivity contribution < 1.29 is 24.6 Å². The number of carbonyl (C=O) groups excluding carboxylic acids is 1. The van der Waals surface area contributed by atoms with E-state index >= 15 is 0 Å². The standard InChI is InChI=1S/C8H10Cl3NO5/c9-8(10,11)7(17)12-4(6(15)16)2-1-3-5(13)14/h4H,1-3H2,(H,12,17)(H,13,14)(H,15,16). The van der Waals surface area contributed by atoms with Crippen LogP contribution < -0.4 is 5.32 Å². The predicted octanol–water partition coefficient (Wildman–Crippen LogP) is 1.18. The topological polar surface area (TPSA) is 104 Å². The van der Waals surface area contributed by atoms with Crippen molar-refractivity contribution in [2.24, 2.45) is 0 Å². The summed E-state index contributed by atoms with van der Waals surface area (Å²) in [4.78, 5) is 32.2. The quantitative estimate of drug-likeness (QED) is 0.639. The van der Waals surface area contributed by atoms with Crippen molar-refractivity contribution in [3.8, 4) is 0 Å². The van der Waals surface area contributed by atoms with Gasteiger partial charge in [-0.25, -0.2) is 4.79 Å². The van der Waals surface area contributed by atoms with Crippen molar-refractivity contribution in [1.82, 2.24) is 5.32 Å². The van der Waals surface area contributed by atoms with E-state index in [1.54, 1.807) is 0 Å². The van der Waals surface area contributed by atoms with Crippen LogP contribution in [0.1, 0.15) is 19.3 Å². The summed E-state index contributed by atoms with van der Waals surface area (Å²) >= 11 is 15.7. The highest BCUT2D eigenvalue weighted by atomic mass is 35.6. The molecule has 0 aliphatic rings. The van der Waals surface area contributed by atoms with Gasteiger partial charge in [-0.1, -0.05) is 34.8 Å². The average Bonchev–Trinajstić information content (AvgIpc) is 2.13. The Balaban J connectivity index is 4.31. The van der Waals surface area contributed by atoms with Gasteiger partial charge in [-0.05, 0) is 12.8 Å². The SMILES string of the molecule is O=C(O)CCCC(NC(=O)C(Cl)(Cl)Cl)C(=O)O. The van der Waals surface area contributed by atoms with Gasteiger partial charge in [0.25, 0.3) is 9.70 Å². The molecule has 0 bridgehead atoms. The molecule has 6 nitrogen and oxygen atoms in total. The third-order valence-electron chi connectivity index (χ3n) is 1.74. The zero-order valence-electron chi connectivity index (χ0n) is 8.45. The largest absolute Gasteiger partial charge is 0.481 e. The zero-order chi connectivity index (χ0) is 13.6. The fourth-order valence-corrected chi connectivity index (χ4v) is 1.12. The predicted molar refractivity (Wildman–Crippen MR) is 61.3 cm³/mol. The summed E-state index contributed by atoms with van der Waals surface area (Å²) in [5.41, 5.74) is 0. The summed E-state index contributed by atoms with van der Waals surface area (Å²) in [5.74, 6) is -3.44. The second kappa shape index (κ2) is 6.88. The molecule has 17 heavy (non-hydrogen) atoms. The van der Waals surface area contributed by atoms with Crippen molar-refractivity contribution in [2.75, 3.05) is 0 Å². The first-order valence-electron chi connectivity index (χ1n) is 4.47. The lowest BCUT2D eigenvalue weighted by Crippen LogP contribution is -2.45. The minimum atomic E-state index is -2.25. The van der Waals surface area contributed by atoms with Crippen LogP contribution in [-0.4, -0.2) is 37.9 Å². The van der Waals surface area contributed by atoms with Gasteiger partial charge in [0, 0.05) is 6.42 Å². The summed E-state index contributed by atoms with van der Waals surface area (Å²) in [7, 11) is 0. The van der Waals surface area contributed by atoms with Crippen LogP contribution in [0.3, 0.4) is 0 Å². The number of carboxylic acids is 2. The minimum absolute atomic E-state index is 0.0614. The molecule has 0 aromatic rings. The molecule has 0 spiro atoms. The van der Waals surface area contributed by atoms with E-state index in [9.17, 15) is 14.4 Å². The van der Waals surface area contributed by atoms with Gasteiger partial charge in [-0.15, -0.1) is 0 Å². The molecule has 3 N–H and O–H groups in total. The number of amides is 1. The molecule has 0 saturated heterocycles. The first-order valence-corrected chi connectivity index (χ1v) is 5.60. The first kappa shape index (κ1) is 16.3. The van der Waals surface area contributed by atoms with Gasteiger partial charge in [0.2, 0.25) is 0 Å². The van der Waals surface area contributed by atoms with Crippen LogP contribution >= 0.6 is 34.8 Å². The number of carbonyl (C=O) groups is 3. The van der Waals surface area contributed by atoms with E-state index in [-0.39, 0.29) is 19.3 Å². The summed E-state index contributed by atoms with van der Waals surface area (Å²) < 4.78 is -2.25. The lowest BCUT2D eigenvalue weighted by Gasteiger charge is -2.17. The van der Waals surface area contributed by atoms with E-state index in [0.717, 1.165) is 0 Å². The number of alkyl halides is 3. The highest BCUT2D eigenvalue weighted by Crippen LogP contribution is 2.26. The Bertz CT molecular complexity index is 315. The summed E-state index contributed by atoms with van der Waals surface area (Å²) in [6, 6.07) is -1.28. The van der Waals surface area contributed by atoms with Crippen LogP contribution in [0.2, 0.25) is 0 Å². The second-order valence-electron chi connectivity index (χ2n) is 3.15. The molecule has 98 valence electrons. The monoisotopic (exact) mass is 305 g/mol. The molecule has 1 unspecified atom stereocenters. The van der Waals surface area contributed by atoms with Gasteiger partial charge in [0.1, 0.15) is 6.04 Å². The fourth-order valence-electron chi connectivity index (χ4n) is 0.955. The van der Waals surface area contributed by atoms with E-state index in [1.165, 1.54) is 0 Å². The van der Waals surface area contributed by atoms with Gasteiger partial charge >= 0.3 is 11.9 Å². The van der Waals surface area contributed by atoms with Gasteiger partial charge < -0.3 is 15.5 Å². The van der Waals surface area contributed by atoms with Crippen LogP contribution in [-0.2, 0) is 14.4 Å². The third-order valence-corrected chi connectivity index (χ3v) is 2.26. The number of carboxylic acid groups (broad SMARTS) is 2. The Morgan fingerprint density at radius 1 is 1.18 bits per heavy atom.